The first-order valence-electron chi connectivity index (χ1n) is 6.43. The monoisotopic (exact) mass is 247 g/mol. The minimum absolute atomic E-state index is 0.0312. The van der Waals surface area contributed by atoms with Crippen molar-refractivity contribution in [3.05, 3.63) is 36.0 Å². The van der Waals surface area contributed by atoms with Crippen molar-refractivity contribution >= 4 is 0 Å². The maximum absolute atomic E-state index is 5.75. The van der Waals surface area contributed by atoms with E-state index >= 15 is 0 Å². The normalized spacial score (nSPS) is 21.7. The van der Waals surface area contributed by atoms with Gasteiger partial charge in [-0.25, -0.2) is 0 Å². The van der Waals surface area contributed by atoms with E-state index in [1.807, 2.05) is 12.3 Å². The molecule has 1 heterocycles. The van der Waals surface area contributed by atoms with E-state index in [0.29, 0.717) is 6.61 Å². The van der Waals surface area contributed by atoms with Crippen molar-refractivity contribution in [2.24, 2.45) is 0 Å². The van der Waals surface area contributed by atoms with Crippen LogP contribution in [0.1, 0.15) is 32.3 Å². The van der Waals surface area contributed by atoms with Crippen LogP contribution in [0, 0.1) is 0 Å². The maximum Gasteiger partial charge on any atom is 0.161 e. The molecular formula is C15H21NO2. The molecular weight excluding hydrogens is 226 g/mol. The third-order valence-electron chi connectivity index (χ3n) is 3.31. The number of benzene rings is 1. The molecule has 0 bridgehead atoms. The highest BCUT2D eigenvalue weighted by Gasteiger charge is 2.27. The van der Waals surface area contributed by atoms with E-state index in [1.54, 1.807) is 7.11 Å². The number of hydrogen-bond acceptors (Lipinski definition) is 3. The van der Waals surface area contributed by atoms with Crippen molar-refractivity contribution in [3.63, 3.8) is 0 Å². The standard InChI is InChI=1S/C15H21NO2/c1-4-10-18-14-11-12(6-7-13(14)17-3)15(2)8-5-9-16-15/h5-7,9,11,16H,4,8,10H2,1-3H3/t15-/m1/s1. The smallest absolute Gasteiger partial charge is 0.161 e. The van der Waals surface area contributed by atoms with Gasteiger partial charge in [0.05, 0.1) is 19.3 Å². The fourth-order valence-electron chi connectivity index (χ4n) is 2.14. The van der Waals surface area contributed by atoms with Gasteiger partial charge in [0.2, 0.25) is 0 Å². The van der Waals surface area contributed by atoms with E-state index in [1.165, 1.54) is 5.56 Å². The molecule has 0 aliphatic carbocycles. The molecule has 0 aromatic heterocycles. The van der Waals surface area contributed by atoms with Gasteiger partial charge in [-0.05, 0) is 43.7 Å². The van der Waals surface area contributed by atoms with E-state index in [0.717, 1.165) is 24.3 Å². The molecule has 1 atom stereocenters. The summed E-state index contributed by atoms with van der Waals surface area (Å²) < 4.78 is 11.1. The van der Waals surface area contributed by atoms with Crippen LogP contribution in [0.2, 0.25) is 0 Å². The average molecular weight is 247 g/mol. The van der Waals surface area contributed by atoms with E-state index < -0.39 is 0 Å². The molecule has 0 radical (unpaired) electrons. The molecule has 1 aromatic rings. The summed E-state index contributed by atoms with van der Waals surface area (Å²) in [5.41, 5.74) is 1.19. The Balaban J connectivity index is 2.27. The van der Waals surface area contributed by atoms with E-state index in [2.05, 4.69) is 37.4 Å². The molecule has 0 saturated carbocycles. The molecule has 1 aliphatic heterocycles. The molecule has 3 nitrogen and oxygen atoms in total. The highest BCUT2D eigenvalue weighted by molar-refractivity contribution is 5.45. The van der Waals surface area contributed by atoms with Crippen molar-refractivity contribution in [1.29, 1.82) is 0 Å². The quantitative estimate of drug-likeness (QED) is 0.866. The van der Waals surface area contributed by atoms with Crippen LogP contribution in [-0.4, -0.2) is 13.7 Å². The predicted octanol–water partition coefficient (Wildman–Crippen LogP) is 3.21. The van der Waals surface area contributed by atoms with Crippen LogP contribution in [-0.2, 0) is 5.54 Å². The van der Waals surface area contributed by atoms with Gasteiger partial charge < -0.3 is 14.8 Å². The number of hydrogen-bond donors (Lipinski definition) is 1. The SMILES string of the molecule is CCCOc1cc([C@@]2(C)CC=CN2)ccc1OC. The number of nitrogens with one attached hydrogen (secondary N) is 1. The van der Waals surface area contributed by atoms with Crippen LogP contribution in [0.3, 0.4) is 0 Å². The Labute approximate surface area is 109 Å². The lowest BCUT2D eigenvalue weighted by Gasteiger charge is -2.26. The van der Waals surface area contributed by atoms with Crippen LogP contribution < -0.4 is 14.8 Å². The van der Waals surface area contributed by atoms with Gasteiger partial charge in [0.1, 0.15) is 0 Å². The van der Waals surface area contributed by atoms with Gasteiger partial charge in [-0.15, -0.1) is 0 Å². The molecule has 2 rings (SSSR count). The summed E-state index contributed by atoms with van der Waals surface area (Å²) >= 11 is 0. The van der Waals surface area contributed by atoms with Crippen LogP contribution in [0.5, 0.6) is 11.5 Å². The highest BCUT2D eigenvalue weighted by atomic mass is 16.5. The lowest BCUT2D eigenvalue weighted by molar-refractivity contribution is 0.292. The Hall–Kier alpha value is -1.64. The predicted molar refractivity (Wildman–Crippen MR) is 73.0 cm³/mol. The average Bonchev–Trinajstić information content (AvgIpc) is 2.84. The lowest BCUT2D eigenvalue weighted by Crippen LogP contribution is -2.31. The van der Waals surface area contributed by atoms with Crippen molar-refractivity contribution in [2.45, 2.75) is 32.2 Å². The number of rotatable bonds is 5. The van der Waals surface area contributed by atoms with E-state index in [-0.39, 0.29) is 5.54 Å². The first-order valence-corrected chi connectivity index (χ1v) is 6.43. The van der Waals surface area contributed by atoms with Gasteiger partial charge in [0.15, 0.2) is 11.5 Å². The fraction of sp³-hybridized carbons (Fsp3) is 0.467. The Morgan fingerprint density at radius 2 is 2.17 bits per heavy atom. The Morgan fingerprint density at radius 3 is 2.78 bits per heavy atom. The zero-order valence-corrected chi connectivity index (χ0v) is 11.3. The first-order chi connectivity index (χ1) is 8.69. The molecule has 3 heteroatoms. The summed E-state index contributed by atoms with van der Waals surface area (Å²) in [6.45, 7) is 5.00. The molecule has 0 saturated heterocycles. The van der Waals surface area contributed by atoms with Gasteiger partial charge in [0, 0.05) is 0 Å². The van der Waals surface area contributed by atoms with Crippen LogP contribution >= 0.6 is 0 Å². The van der Waals surface area contributed by atoms with Crippen molar-refractivity contribution in [3.8, 4) is 11.5 Å². The third kappa shape index (κ3) is 2.45. The number of ether oxygens (including phenoxy) is 2. The summed E-state index contributed by atoms with van der Waals surface area (Å²) in [6.07, 6.45) is 6.14. The largest absolute Gasteiger partial charge is 0.493 e. The summed E-state index contributed by atoms with van der Waals surface area (Å²) in [4.78, 5) is 0. The number of methoxy groups -OCH3 is 1. The van der Waals surface area contributed by atoms with Gasteiger partial charge >= 0.3 is 0 Å². The molecule has 1 N–H and O–H groups in total. The maximum atomic E-state index is 5.75. The molecule has 18 heavy (non-hydrogen) atoms. The molecule has 0 fully saturated rings. The van der Waals surface area contributed by atoms with Crippen molar-refractivity contribution < 1.29 is 9.47 Å². The molecule has 98 valence electrons. The highest BCUT2D eigenvalue weighted by Crippen LogP contribution is 2.35. The second kappa shape index (κ2) is 5.34. The molecule has 0 unspecified atom stereocenters. The Kier molecular flexibility index (Phi) is 3.80. The van der Waals surface area contributed by atoms with Crippen LogP contribution in [0.25, 0.3) is 0 Å². The zero-order chi connectivity index (χ0) is 13.0. The summed E-state index contributed by atoms with van der Waals surface area (Å²) in [5, 5.41) is 3.39. The fourth-order valence-corrected chi connectivity index (χ4v) is 2.14. The minimum atomic E-state index is -0.0312. The second-order valence-electron chi connectivity index (χ2n) is 4.80. The Bertz CT molecular complexity index is 432. The summed E-state index contributed by atoms with van der Waals surface area (Å²) in [7, 11) is 1.67. The molecule has 0 spiro atoms. The lowest BCUT2D eigenvalue weighted by atomic mass is 9.90. The first kappa shape index (κ1) is 12.8. The van der Waals surface area contributed by atoms with Crippen molar-refractivity contribution in [2.75, 3.05) is 13.7 Å². The van der Waals surface area contributed by atoms with Crippen LogP contribution in [0.4, 0.5) is 0 Å². The third-order valence-corrected chi connectivity index (χ3v) is 3.31. The topological polar surface area (TPSA) is 30.5 Å². The molecule has 0 amide bonds. The van der Waals surface area contributed by atoms with Gasteiger partial charge in [-0.1, -0.05) is 19.1 Å². The van der Waals surface area contributed by atoms with E-state index in [4.69, 9.17) is 9.47 Å². The van der Waals surface area contributed by atoms with Crippen LogP contribution in [0.15, 0.2) is 30.5 Å². The summed E-state index contributed by atoms with van der Waals surface area (Å²) in [5.74, 6) is 1.62. The van der Waals surface area contributed by atoms with Gasteiger partial charge in [-0.3, -0.25) is 0 Å². The van der Waals surface area contributed by atoms with E-state index in [9.17, 15) is 0 Å². The van der Waals surface area contributed by atoms with Gasteiger partial charge in [0.25, 0.3) is 0 Å². The zero-order valence-electron chi connectivity index (χ0n) is 11.3. The Morgan fingerprint density at radius 1 is 1.33 bits per heavy atom. The van der Waals surface area contributed by atoms with Crippen molar-refractivity contribution in [1.82, 2.24) is 5.32 Å². The molecule has 1 aromatic carbocycles. The second-order valence-corrected chi connectivity index (χ2v) is 4.80. The van der Waals surface area contributed by atoms with Gasteiger partial charge in [-0.2, -0.15) is 0 Å². The minimum Gasteiger partial charge on any atom is -0.493 e. The molecule has 1 aliphatic rings. The summed E-state index contributed by atoms with van der Waals surface area (Å²) in [6, 6.07) is 6.15.